The second-order valence-corrected chi connectivity index (χ2v) is 5.59. The number of likely N-dealkylation sites (tertiary alicyclic amines) is 1. The SMILES string of the molecule is CNC1CCN(CCCS(C)=O)CC1. The molecule has 1 aliphatic rings. The third-order valence-corrected chi connectivity index (χ3v) is 3.77. The lowest BCUT2D eigenvalue weighted by molar-refractivity contribution is 0.202. The Labute approximate surface area is 89.7 Å². The van der Waals surface area contributed by atoms with Crippen LogP contribution in [0.4, 0.5) is 0 Å². The van der Waals surface area contributed by atoms with E-state index in [-0.39, 0.29) is 0 Å². The van der Waals surface area contributed by atoms with Gasteiger partial charge < -0.3 is 10.2 Å². The van der Waals surface area contributed by atoms with Gasteiger partial charge in [-0.15, -0.1) is 0 Å². The summed E-state index contributed by atoms with van der Waals surface area (Å²) >= 11 is 0. The minimum absolute atomic E-state index is 0.618. The van der Waals surface area contributed by atoms with Crippen LogP contribution in [0.5, 0.6) is 0 Å². The molecule has 1 N–H and O–H groups in total. The van der Waals surface area contributed by atoms with E-state index in [0.717, 1.165) is 18.7 Å². The van der Waals surface area contributed by atoms with E-state index in [9.17, 15) is 4.21 Å². The van der Waals surface area contributed by atoms with E-state index in [0.29, 0.717) is 6.04 Å². The molecule has 84 valence electrons. The van der Waals surface area contributed by atoms with Crippen molar-refractivity contribution in [2.45, 2.75) is 25.3 Å². The smallest absolute Gasteiger partial charge is 0.0244 e. The van der Waals surface area contributed by atoms with Crippen LogP contribution in [-0.2, 0) is 10.8 Å². The minimum Gasteiger partial charge on any atom is -0.317 e. The minimum atomic E-state index is -0.618. The van der Waals surface area contributed by atoms with Crippen LogP contribution in [0.3, 0.4) is 0 Å². The molecule has 0 aliphatic carbocycles. The highest BCUT2D eigenvalue weighted by Gasteiger charge is 2.16. The highest BCUT2D eigenvalue weighted by Crippen LogP contribution is 2.09. The van der Waals surface area contributed by atoms with E-state index in [1.165, 1.54) is 25.9 Å². The summed E-state index contributed by atoms with van der Waals surface area (Å²) in [6, 6.07) is 0.714. The maximum Gasteiger partial charge on any atom is 0.0244 e. The van der Waals surface area contributed by atoms with E-state index in [4.69, 9.17) is 0 Å². The van der Waals surface area contributed by atoms with Crippen molar-refractivity contribution >= 4 is 10.8 Å². The highest BCUT2D eigenvalue weighted by molar-refractivity contribution is 7.84. The molecule has 1 rings (SSSR count). The van der Waals surface area contributed by atoms with Gasteiger partial charge in [-0.25, -0.2) is 0 Å². The van der Waals surface area contributed by atoms with Gasteiger partial charge >= 0.3 is 0 Å². The quantitative estimate of drug-likeness (QED) is 0.727. The molecule has 0 bridgehead atoms. The predicted octanol–water partition coefficient (Wildman–Crippen LogP) is 0.439. The first kappa shape index (κ1) is 12.1. The van der Waals surface area contributed by atoms with Crippen molar-refractivity contribution in [3.63, 3.8) is 0 Å². The molecule has 3 nitrogen and oxygen atoms in total. The van der Waals surface area contributed by atoms with Crippen LogP contribution in [0.15, 0.2) is 0 Å². The number of nitrogens with zero attached hydrogens (tertiary/aromatic N) is 1. The Morgan fingerprint density at radius 2 is 2.07 bits per heavy atom. The molecular weight excluding hydrogens is 196 g/mol. The Hall–Kier alpha value is 0.0700. The van der Waals surface area contributed by atoms with Gasteiger partial charge in [0.2, 0.25) is 0 Å². The maximum atomic E-state index is 10.9. The zero-order valence-corrected chi connectivity index (χ0v) is 10.1. The van der Waals surface area contributed by atoms with Gasteiger partial charge in [-0.05, 0) is 45.9 Å². The first-order valence-corrected chi connectivity index (χ1v) is 7.14. The summed E-state index contributed by atoms with van der Waals surface area (Å²) in [5.41, 5.74) is 0. The molecule has 0 radical (unpaired) electrons. The summed E-state index contributed by atoms with van der Waals surface area (Å²) in [7, 11) is 1.42. The first-order valence-electron chi connectivity index (χ1n) is 5.42. The number of hydrogen-bond acceptors (Lipinski definition) is 3. The second-order valence-electron chi connectivity index (χ2n) is 4.04. The molecule has 0 amide bonds. The molecule has 0 spiro atoms. The van der Waals surface area contributed by atoms with Gasteiger partial charge in [0, 0.05) is 28.9 Å². The van der Waals surface area contributed by atoms with E-state index >= 15 is 0 Å². The molecule has 1 unspecified atom stereocenters. The van der Waals surface area contributed by atoms with E-state index < -0.39 is 10.8 Å². The Balaban J connectivity index is 2.07. The number of hydrogen-bond donors (Lipinski definition) is 1. The van der Waals surface area contributed by atoms with E-state index in [1.54, 1.807) is 6.26 Å². The van der Waals surface area contributed by atoms with Gasteiger partial charge in [-0.2, -0.15) is 0 Å². The standard InChI is InChI=1S/C10H22N2OS/c1-11-10-4-7-12(8-5-10)6-3-9-14(2)13/h10-11H,3-9H2,1-2H3. The van der Waals surface area contributed by atoms with Crippen LogP contribution < -0.4 is 5.32 Å². The molecule has 0 aromatic rings. The lowest BCUT2D eigenvalue weighted by atomic mass is 10.1. The summed E-state index contributed by atoms with van der Waals surface area (Å²) in [5, 5.41) is 3.32. The maximum absolute atomic E-state index is 10.9. The van der Waals surface area contributed by atoms with Crippen molar-refractivity contribution in [2.24, 2.45) is 0 Å². The third-order valence-electron chi connectivity index (χ3n) is 2.90. The molecule has 0 aromatic heterocycles. The third kappa shape index (κ3) is 4.53. The first-order chi connectivity index (χ1) is 6.72. The van der Waals surface area contributed by atoms with Gasteiger partial charge in [0.1, 0.15) is 0 Å². The van der Waals surface area contributed by atoms with Gasteiger partial charge in [-0.1, -0.05) is 0 Å². The van der Waals surface area contributed by atoms with Gasteiger partial charge in [0.25, 0.3) is 0 Å². The Bertz CT molecular complexity index is 179. The average molecular weight is 218 g/mol. The van der Waals surface area contributed by atoms with Gasteiger partial charge in [-0.3, -0.25) is 4.21 Å². The van der Waals surface area contributed by atoms with Crippen LogP contribution in [-0.4, -0.2) is 53.8 Å². The number of nitrogens with one attached hydrogen (secondary N) is 1. The fourth-order valence-electron chi connectivity index (χ4n) is 1.94. The fraction of sp³-hybridized carbons (Fsp3) is 1.00. The van der Waals surface area contributed by atoms with Crippen molar-refractivity contribution in [1.82, 2.24) is 10.2 Å². The molecule has 1 aliphatic heterocycles. The molecule has 1 atom stereocenters. The predicted molar refractivity (Wildman–Crippen MR) is 62.1 cm³/mol. The Morgan fingerprint density at radius 1 is 1.43 bits per heavy atom. The highest BCUT2D eigenvalue weighted by atomic mass is 32.2. The summed E-state index contributed by atoms with van der Waals surface area (Å²) < 4.78 is 10.9. The molecule has 1 saturated heterocycles. The fourth-order valence-corrected chi connectivity index (χ4v) is 2.47. The van der Waals surface area contributed by atoms with E-state index in [2.05, 4.69) is 10.2 Å². The van der Waals surface area contributed by atoms with Crippen LogP contribution in [0.2, 0.25) is 0 Å². The molecule has 4 heteroatoms. The second kappa shape index (κ2) is 6.53. The molecule has 1 heterocycles. The van der Waals surface area contributed by atoms with Crippen LogP contribution in [0.1, 0.15) is 19.3 Å². The summed E-state index contributed by atoms with van der Waals surface area (Å²) in [4.78, 5) is 2.49. The molecule has 0 saturated carbocycles. The monoisotopic (exact) mass is 218 g/mol. The zero-order valence-electron chi connectivity index (χ0n) is 9.29. The van der Waals surface area contributed by atoms with Crippen LogP contribution in [0, 0.1) is 0 Å². The lowest BCUT2D eigenvalue weighted by Crippen LogP contribution is -2.41. The summed E-state index contributed by atoms with van der Waals surface area (Å²) in [5.74, 6) is 0.853. The Kier molecular flexibility index (Phi) is 5.67. The topological polar surface area (TPSA) is 32.3 Å². The van der Waals surface area contributed by atoms with Gasteiger partial charge in [0.15, 0.2) is 0 Å². The van der Waals surface area contributed by atoms with Crippen molar-refractivity contribution in [3.05, 3.63) is 0 Å². The Morgan fingerprint density at radius 3 is 2.57 bits per heavy atom. The van der Waals surface area contributed by atoms with Crippen molar-refractivity contribution < 1.29 is 4.21 Å². The number of piperidine rings is 1. The molecule has 0 aromatic carbocycles. The summed E-state index contributed by atoms with van der Waals surface area (Å²) in [6.45, 7) is 3.51. The van der Waals surface area contributed by atoms with Crippen molar-refractivity contribution in [2.75, 3.05) is 38.7 Å². The molecular formula is C10H22N2OS. The van der Waals surface area contributed by atoms with Crippen LogP contribution >= 0.6 is 0 Å². The van der Waals surface area contributed by atoms with Crippen molar-refractivity contribution in [3.8, 4) is 0 Å². The zero-order chi connectivity index (χ0) is 10.4. The van der Waals surface area contributed by atoms with Gasteiger partial charge in [0.05, 0.1) is 0 Å². The summed E-state index contributed by atoms with van der Waals surface area (Å²) in [6.07, 6.45) is 5.37. The lowest BCUT2D eigenvalue weighted by Gasteiger charge is -2.31. The molecule has 1 fully saturated rings. The van der Waals surface area contributed by atoms with Crippen LogP contribution in [0.25, 0.3) is 0 Å². The molecule has 14 heavy (non-hydrogen) atoms. The number of rotatable bonds is 5. The normalized spacial score (nSPS) is 22.4. The van der Waals surface area contributed by atoms with Crippen molar-refractivity contribution in [1.29, 1.82) is 0 Å². The average Bonchev–Trinajstić information content (AvgIpc) is 2.18. The largest absolute Gasteiger partial charge is 0.317 e. The van der Waals surface area contributed by atoms with E-state index in [1.807, 2.05) is 7.05 Å².